The number of fused-ring (bicyclic) bond motifs is 11. The number of aryl methyl sites for hydroxylation is 2. The van der Waals surface area contributed by atoms with Crippen LogP contribution in [0.25, 0.3) is 63.7 Å². The molecule has 0 atom stereocenters. The first-order valence-electron chi connectivity index (χ1n) is 11.2. The molecular formula is C27H18N4OS2. The van der Waals surface area contributed by atoms with E-state index in [1.54, 1.807) is 22.7 Å². The third-order valence-electron chi connectivity index (χ3n) is 6.71. The van der Waals surface area contributed by atoms with Crippen LogP contribution in [0.2, 0.25) is 0 Å². The SMILES string of the molecule is Cc1nc2c([nH]1)COc1c-2ccc2cc(-c3ccc4c(c3)c3sccc3c3nc(C)[nH]c43)sc12. The number of nitrogens with one attached hydrogen (secondary N) is 2. The van der Waals surface area contributed by atoms with Crippen LogP contribution < -0.4 is 4.74 Å². The first-order valence-corrected chi connectivity index (χ1v) is 12.9. The molecule has 5 nitrogen and oxygen atoms in total. The number of aromatic nitrogens is 4. The Morgan fingerprint density at radius 1 is 0.882 bits per heavy atom. The minimum absolute atomic E-state index is 0.529. The van der Waals surface area contributed by atoms with E-state index in [4.69, 9.17) is 14.7 Å². The molecule has 164 valence electrons. The van der Waals surface area contributed by atoms with Crippen molar-refractivity contribution >= 4 is 64.7 Å². The van der Waals surface area contributed by atoms with E-state index in [0.29, 0.717) is 6.61 Å². The van der Waals surface area contributed by atoms with Crippen molar-refractivity contribution in [1.29, 1.82) is 0 Å². The van der Waals surface area contributed by atoms with Gasteiger partial charge in [-0.05, 0) is 54.4 Å². The summed E-state index contributed by atoms with van der Waals surface area (Å²) in [5, 5.41) is 7.07. The summed E-state index contributed by atoms with van der Waals surface area (Å²) >= 11 is 3.57. The Labute approximate surface area is 202 Å². The first kappa shape index (κ1) is 18.7. The van der Waals surface area contributed by atoms with Gasteiger partial charge in [0, 0.05) is 31.3 Å². The quantitative estimate of drug-likeness (QED) is 0.254. The zero-order valence-corrected chi connectivity index (χ0v) is 20.1. The lowest BCUT2D eigenvalue weighted by Gasteiger charge is -2.17. The van der Waals surface area contributed by atoms with Crippen molar-refractivity contribution < 1.29 is 4.74 Å². The van der Waals surface area contributed by atoms with Crippen LogP contribution in [0.3, 0.4) is 0 Å². The molecule has 0 saturated carbocycles. The van der Waals surface area contributed by atoms with E-state index in [1.807, 2.05) is 13.8 Å². The van der Waals surface area contributed by atoms with E-state index in [2.05, 4.69) is 57.8 Å². The molecule has 1 aliphatic heterocycles. The third-order valence-corrected chi connectivity index (χ3v) is 8.86. The number of nitrogens with zero attached hydrogens (tertiary/aromatic N) is 2. The molecule has 0 aliphatic carbocycles. The maximum Gasteiger partial charge on any atom is 0.147 e. The van der Waals surface area contributed by atoms with Gasteiger partial charge < -0.3 is 14.7 Å². The lowest BCUT2D eigenvalue weighted by molar-refractivity contribution is 0.302. The maximum atomic E-state index is 6.22. The fourth-order valence-corrected chi connectivity index (χ4v) is 7.34. The Bertz CT molecular complexity index is 1950. The number of thiophene rings is 2. The fraction of sp³-hybridized carbons (Fsp3) is 0.111. The summed E-state index contributed by atoms with van der Waals surface area (Å²) in [7, 11) is 0. The molecule has 34 heavy (non-hydrogen) atoms. The van der Waals surface area contributed by atoms with Crippen LogP contribution in [0.15, 0.2) is 47.8 Å². The summed E-state index contributed by atoms with van der Waals surface area (Å²) in [6, 6.07) is 15.6. The highest BCUT2D eigenvalue weighted by Crippen LogP contribution is 2.47. The van der Waals surface area contributed by atoms with Crippen LogP contribution in [0.5, 0.6) is 5.75 Å². The predicted molar refractivity (Wildman–Crippen MR) is 141 cm³/mol. The second kappa shape index (κ2) is 6.46. The summed E-state index contributed by atoms with van der Waals surface area (Å²) in [6.07, 6.45) is 0. The highest BCUT2D eigenvalue weighted by molar-refractivity contribution is 7.22. The van der Waals surface area contributed by atoms with Crippen molar-refractivity contribution in [1.82, 2.24) is 19.9 Å². The van der Waals surface area contributed by atoms with Gasteiger partial charge >= 0.3 is 0 Å². The van der Waals surface area contributed by atoms with E-state index in [-0.39, 0.29) is 0 Å². The molecule has 7 heteroatoms. The van der Waals surface area contributed by atoms with Crippen LogP contribution in [0.4, 0.5) is 0 Å². The lowest BCUT2D eigenvalue weighted by Crippen LogP contribution is -2.05. The van der Waals surface area contributed by atoms with Gasteiger partial charge in [0.05, 0.1) is 27.1 Å². The summed E-state index contributed by atoms with van der Waals surface area (Å²) in [6.45, 7) is 4.54. The smallest absolute Gasteiger partial charge is 0.147 e. The molecule has 3 aromatic carbocycles. The molecule has 5 heterocycles. The summed E-state index contributed by atoms with van der Waals surface area (Å²) in [5.41, 5.74) is 6.54. The topological polar surface area (TPSA) is 66.6 Å². The van der Waals surface area contributed by atoms with E-state index in [1.165, 1.54) is 41.4 Å². The second-order valence-corrected chi connectivity index (χ2v) is 10.8. The fourth-order valence-electron chi connectivity index (χ4n) is 5.25. The van der Waals surface area contributed by atoms with E-state index in [0.717, 1.165) is 45.4 Å². The van der Waals surface area contributed by atoms with Crippen molar-refractivity contribution in [2.75, 3.05) is 0 Å². The molecule has 0 fully saturated rings. The zero-order valence-electron chi connectivity index (χ0n) is 18.4. The van der Waals surface area contributed by atoms with Crippen LogP contribution >= 0.6 is 22.7 Å². The van der Waals surface area contributed by atoms with Gasteiger partial charge in [-0.15, -0.1) is 22.7 Å². The van der Waals surface area contributed by atoms with Crippen molar-refractivity contribution in [2.24, 2.45) is 0 Å². The molecule has 2 N–H and O–H groups in total. The number of H-pyrrole nitrogens is 2. The Balaban J connectivity index is 1.35. The molecule has 0 amide bonds. The number of ether oxygens (including phenoxy) is 1. The monoisotopic (exact) mass is 478 g/mol. The molecule has 0 saturated heterocycles. The molecule has 0 unspecified atom stereocenters. The number of hydrogen-bond donors (Lipinski definition) is 2. The number of aromatic amines is 2. The molecule has 0 radical (unpaired) electrons. The number of hydrogen-bond acceptors (Lipinski definition) is 5. The third kappa shape index (κ3) is 2.43. The maximum absolute atomic E-state index is 6.22. The summed E-state index contributed by atoms with van der Waals surface area (Å²) < 4.78 is 8.69. The second-order valence-electron chi connectivity index (χ2n) is 8.88. The van der Waals surface area contributed by atoms with Gasteiger partial charge in [-0.2, -0.15) is 0 Å². The normalized spacial score (nSPS) is 13.1. The Hall–Kier alpha value is -3.68. The van der Waals surface area contributed by atoms with Gasteiger partial charge in [0.2, 0.25) is 0 Å². The summed E-state index contributed by atoms with van der Waals surface area (Å²) in [5.74, 6) is 2.82. The van der Waals surface area contributed by atoms with Gasteiger partial charge in [-0.3, -0.25) is 0 Å². The van der Waals surface area contributed by atoms with Crippen molar-refractivity contribution in [2.45, 2.75) is 20.5 Å². The largest absolute Gasteiger partial charge is 0.485 e. The molecule has 0 spiro atoms. The average Bonchev–Trinajstić information content (AvgIpc) is 3.61. The molecular weight excluding hydrogens is 460 g/mol. The molecule has 8 rings (SSSR count). The van der Waals surface area contributed by atoms with Gasteiger partial charge in [0.15, 0.2) is 0 Å². The van der Waals surface area contributed by atoms with Gasteiger partial charge in [-0.25, -0.2) is 9.97 Å². The first-order chi connectivity index (χ1) is 16.6. The van der Waals surface area contributed by atoms with E-state index < -0.39 is 0 Å². The number of benzene rings is 3. The van der Waals surface area contributed by atoms with Crippen LogP contribution in [0, 0.1) is 13.8 Å². The summed E-state index contributed by atoms with van der Waals surface area (Å²) in [4.78, 5) is 17.5. The van der Waals surface area contributed by atoms with Gasteiger partial charge in [0.25, 0.3) is 0 Å². The molecule has 0 bridgehead atoms. The minimum atomic E-state index is 0.529. The van der Waals surface area contributed by atoms with Crippen LogP contribution in [-0.4, -0.2) is 19.9 Å². The highest BCUT2D eigenvalue weighted by Gasteiger charge is 2.24. The standard InChI is InChI=1S/C27H18N4OS2/c1-12-28-20-11-32-25-17(22(20)29-12)6-4-15-10-21(34-26(15)25)14-3-5-16-19(9-14)27-18(7-8-33-27)24-23(16)30-13(2)31-24/h3-10H,11H2,1-2H3,(H,28,29)(H,30,31). The zero-order chi connectivity index (χ0) is 22.6. The molecule has 7 aromatic rings. The Morgan fingerprint density at radius 3 is 2.74 bits per heavy atom. The van der Waals surface area contributed by atoms with Gasteiger partial charge in [-0.1, -0.05) is 18.2 Å². The Kier molecular flexibility index (Phi) is 3.56. The molecule has 4 aromatic heterocycles. The molecule has 1 aliphatic rings. The number of rotatable bonds is 1. The van der Waals surface area contributed by atoms with Crippen LogP contribution in [0.1, 0.15) is 17.3 Å². The average molecular weight is 479 g/mol. The highest BCUT2D eigenvalue weighted by atomic mass is 32.1. The lowest BCUT2D eigenvalue weighted by atomic mass is 10.0. The van der Waals surface area contributed by atoms with E-state index >= 15 is 0 Å². The van der Waals surface area contributed by atoms with E-state index in [9.17, 15) is 0 Å². The predicted octanol–water partition coefficient (Wildman–Crippen LogP) is 7.71. The van der Waals surface area contributed by atoms with Crippen molar-refractivity contribution in [3.8, 4) is 27.4 Å². The Morgan fingerprint density at radius 2 is 1.79 bits per heavy atom. The van der Waals surface area contributed by atoms with Crippen LogP contribution in [-0.2, 0) is 6.61 Å². The van der Waals surface area contributed by atoms with Crippen molar-refractivity contribution in [3.63, 3.8) is 0 Å². The van der Waals surface area contributed by atoms with Gasteiger partial charge in [0.1, 0.15) is 24.0 Å². The number of imidazole rings is 2. The van der Waals surface area contributed by atoms with Crippen molar-refractivity contribution in [3.05, 3.63) is 65.2 Å². The minimum Gasteiger partial charge on any atom is -0.485 e.